The Morgan fingerprint density at radius 3 is 2.50 bits per heavy atom. The lowest BCUT2D eigenvalue weighted by Crippen LogP contribution is -2.40. The number of hydrogen-bond acceptors (Lipinski definition) is 3. The molecule has 0 unspecified atom stereocenters. The van der Waals surface area contributed by atoms with Crippen LogP contribution < -0.4 is 9.62 Å². The molecule has 5 nitrogen and oxygen atoms in total. The molecule has 0 saturated carbocycles. The van der Waals surface area contributed by atoms with Crippen molar-refractivity contribution in [3.8, 4) is 0 Å². The van der Waals surface area contributed by atoms with E-state index in [0.717, 1.165) is 11.3 Å². The fraction of sp³-hybridized carbons (Fsp3) is 0.235. The van der Waals surface area contributed by atoms with E-state index in [9.17, 15) is 13.2 Å². The Balaban J connectivity index is 2.11. The van der Waals surface area contributed by atoms with Crippen molar-refractivity contribution in [2.75, 3.05) is 18.0 Å². The van der Waals surface area contributed by atoms with E-state index in [-0.39, 0.29) is 17.3 Å². The number of benzene rings is 2. The molecule has 128 valence electrons. The molecule has 2 aromatic rings. The van der Waals surface area contributed by atoms with Gasteiger partial charge in [-0.2, -0.15) is 0 Å². The number of amides is 1. The number of nitrogens with one attached hydrogen (secondary N) is 1. The number of sulfonamides is 1. The highest BCUT2D eigenvalue weighted by atomic mass is 35.5. The second-order valence-corrected chi connectivity index (χ2v) is 7.46. The van der Waals surface area contributed by atoms with E-state index in [1.165, 1.54) is 17.0 Å². The standard InChI is InChI=1S/C17H19ClN2O3S/c1-3-20(15-8-4-6-13(2)10-15)17(21)12-19-24(22,23)16-9-5-7-14(18)11-16/h4-11,19H,3,12H2,1-2H3. The van der Waals surface area contributed by atoms with Crippen molar-refractivity contribution >= 4 is 33.2 Å². The van der Waals surface area contributed by atoms with Crippen LogP contribution in [0.15, 0.2) is 53.4 Å². The van der Waals surface area contributed by atoms with Gasteiger partial charge in [0.2, 0.25) is 15.9 Å². The van der Waals surface area contributed by atoms with Crippen molar-refractivity contribution < 1.29 is 13.2 Å². The minimum Gasteiger partial charge on any atom is -0.312 e. The maximum Gasteiger partial charge on any atom is 0.242 e. The largest absolute Gasteiger partial charge is 0.312 e. The number of likely N-dealkylation sites (N-methyl/N-ethyl adjacent to an activating group) is 1. The van der Waals surface area contributed by atoms with Crippen molar-refractivity contribution in [1.82, 2.24) is 4.72 Å². The Morgan fingerprint density at radius 2 is 1.88 bits per heavy atom. The summed E-state index contributed by atoms with van der Waals surface area (Å²) in [5.41, 5.74) is 1.77. The van der Waals surface area contributed by atoms with Gasteiger partial charge in [-0.05, 0) is 49.7 Å². The predicted molar refractivity (Wildman–Crippen MR) is 95.8 cm³/mol. The van der Waals surface area contributed by atoms with Gasteiger partial charge < -0.3 is 4.90 Å². The lowest BCUT2D eigenvalue weighted by Gasteiger charge is -2.21. The van der Waals surface area contributed by atoms with Crippen molar-refractivity contribution in [2.24, 2.45) is 0 Å². The van der Waals surface area contributed by atoms with Crippen LogP contribution in [-0.4, -0.2) is 27.4 Å². The molecule has 0 atom stereocenters. The van der Waals surface area contributed by atoms with Gasteiger partial charge in [0.25, 0.3) is 0 Å². The maximum absolute atomic E-state index is 12.4. The van der Waals surface area contributed by atoms with Gasteiger partial charge in [0.1, 0.15) is 0 Å². The molecule has 1 N–H and O–H groups in total. The minimum absolute atomic E-state index is 0.0291. The highest BCUT2D eigenvalue weighted by Gasteiger charge is 2.19. The topological polar surface area (TPSA) is 66.5 Å². The van der Waals surface area contributed by atoms with Gasteiger partial charge in [-0.25, -0.2) is 13.1 Å². The monoisotopic (exact) mass is 366 g/mol. The van der Waals surface area contributed by atoms with Crippen LogP contribution >= 0.6 is 11.6 Å². The second kappa shape index (κ2) is 7.79. The number of aryl methyl sites for hydroxylation is 1. The number of rotatable bonds is 6. The molecule has 0 bridgehead atoms. The first-order valence-electron chi connectivity index (χ1n) is 7.46. The Labute approximate surface area is 147 Å². The highest BCUT2D eigenvalue weighted by molar-refractivity contribution is 7.89. The lowest BCUT2D eigenvalue weighted by atomic mass is 10.2. The van der Waals surface area contributed by atoms with Gasteiger partial charge in [0, 0.05) is 17.3 Å². The highest BCUT2D eigenvalue weighted by Crippen LogP contribution is 2.17. The molecule has 24 heavy (non-hydrogen) atoms. The summed E-state index contributed by atoms with van der Waals surface area (Å²) in [5.74, 6) is -0.325. The molecule has 2 aromatic carbocycles. The summed E-state index contributed by atoms with van der Waals surface area (Å²) in [5, 5.41) is 0.319. The molecule has 7 heteroatoms. The third-order valence-electron chi connectivity index (χ3n) is 3.45. The normalized spacial score (nSPS) is 11.3. The summed E-state index contributed by atoms with van der Waals surface area (Å²) >= 11 is 5.81. The summed E-state index contributed by atoms with van der Waals surface area (Å²) in [6, 6.07) is 13.4. The number of hydrogen-bond donors (Lipinski definition) is 1. The summed E-state index contributed by atoms with van der Waals surface area (Å²) in [6.45, 7) is 3.90. The zero-order valence-corrected chi connectivity index (χ0v) is 15.1. The fourth-order valence-corrected chi connectivity index (χ4v) is 3.54. The van der Waals surface area contributed by atoms with Crippen LogP contribution in [0.1, 0.15) is 12.5 Å². The first-order valence-corrected chi connectivity index (χ1v) is 9.32. The molecule has 0 aromatic heterocycles. The van der Waals surface area contributed by atoms with Crippen LogP contribution in [0.3, 0.4) is 0 Å². The predicted octanol–water partition coefficient (Wildman–Crippen LogP) is 2.98. The molecule has 2 rings (SSSR count). The van der Waals surface area contributed by atoms with Gasteiger partial charge in [0.05, 0.1) is 11.4 Å². The van der Waals surface area contributed by atoms with Crippen LogP contribution in [0.5, 0.6) is 0 Å². The third-order valence-corrected chi connectivity index (χ3v) is 5.08. The fourth-order valence-electron chi connectivity index (χ4n) is 2.27. The number of carbonyl (C=O) groups excluding carboxylic acids is 1. The molecule has 0 fully saturated rings. The summed E-state index contributed by atoms with van der Waals surface area (Å²) in [7, 11) is -3.79. The average Bonchev–Trinajstić information content (AvgIpc) is 2.54. The van der Waals surface area contributed by atoms with Gasteiger partial charge in [-0.3, -0.25) is 4.79 Å². The Kier molecular flexibility index (Phi) is 5.99. The molecule has 1 amide bonds. The van der Waals surface area contributed by atoms with Gasteiger partial charge in [0.15, 0.2) is 0 Å². The van der Waals surface area contributed by atoms with E-state index in [2.05, 4.69) is 4.72 Å². The Bertz CT molecular complexity index is 837. The van der Waals surface area contributed by atoms with E-state index in [1.807, 2.05) is 38.1 Å². The molecule has 0 aliphatic carbocycles. The van der Waals surface area contributed by atoms with Crippen LogP contribution in [-0.2, 0) is 14.8 Å². The third kappa shape index (κ3) is 4.56. The van der Waals surface area contributed by atoms with E-state index in [4.69, 9.17) is 11.6 Å². The lowest BCUT2D eigenvalue weighted by molar-refractivity contribution is -0.117. The van der Waals surface area contributed by atoms with Crippen LogP contribution in [0.4, 0.5) is 5.69 Å². The molecule has 0 spiro atoms. The van der Waals surface area contributed by atoms with Crippen LogP contribution in [0.2, 0.25) is 5.02 Å². The van der Waals surface area contributed by atoms with Crippen molar-refractivity contribution in [3.63, 3.8) is 0 Å². The zero-order chi connectivity index (χ0) is 17.7. The molecule has 0 aliphatic rings. The van der Waals surface area contributed by atoms with Gasteiger partial charge in [-0.1, -0.05) is 29.8 Å². The van der Waals surface area contributed by atoms with E-state index >= 15 is 0 Å². The molecular formula is C17H19ClN2O3S. The van der Waals surface area contributed by atoms with Crippen molar-refractivity contribution in [2.45, 2.75) is 18.7 Å². The molecule has 0 heterocycles. The molecule has 0 radical (unpaired) electrons. The first kappa shape index (κ1) is 18.4. The summed E-state index contributed by atoms with van der Waals surface area (Å²) in [4.78, 5) is 14.0. The Morgan fingerprint density at radius 1 is 1.17 bits per heavy atom. The second-order valence-electron chi connectivity index (χ2n) is 5.26. The summed E-state index contributed by atoms with van der Waals surface area (Å²) < 4.78 is 26.8. The smallest absolute Gasteiger partial charge is 0.242 e. The van der Waals surface area contributed by atoms with Crippen LogP contribution in [0.25, 0.3) is 0 Å². The Hall–Kier alpha value is -1.89. The van der Waals surface area contributed by atoms with E-state index in [1.54, 1.807) is 12.1 Å². The van der Waals surface area contributed by atoms with Crippen molar-refractivity contribution in [1.29, 1.82) is 0 Å². The number of nitrogens with zero attached hydrogens (tertiary/aromatic N) is 1. The zero-order valence-electron chi connectivity index (χ0n) is 13.5. The number of halogens is 1. The van der Waals surface area contributed by atoms with Gasteiger partial charge >= 0.3 is 0 Å². The quantitative estimate of drug-likeness (QED) is 0.854. The van der Waals surface area contributed by atoms with Crippen LogP contribution in [0, 0.1) is 6.92 Å². The first-order chi connectivity index (χ1) is 11.3. The molecule has 0 saturated heterocycles. The van der Waals surface area contributed by atoms with E-state index < -0.39 is 10.0 Å². The van der Waals surface area contributed by atoms with Gasteiger partial charge in [-0.15, -0.1) is 0 Å². The summed E-state index contributed by atoms with van der Waals surface area (Å²) in [6.07, 6.45) is 0. The number of anilines is 1. The SMILES string of the molecule is CCN(C(=O)CNS(=O)(=O)c1cccc(Cl)c1)c1cccc(C)c1. The van der Waals surface area contributed by atoms with Crippen molar-refractivity contribution in [3.05, 3.63) is 59.1 Å². The minimum atomic E-state index is -3.79. The maximum atomic E-state index is 12.4. The average molecular weight is 367 g/mol. The molecular weight excluding hydrogens is 348 g/mol. The molecule has 0 aliphatic heterocycles. The van der Waals surface area contributed by atoms with E-state index in [0.29, 0.717) is 11.6 Å². The number of carbonyl (C=O) groups is 1.